The zero-order valence-electron chi connectivity index (χ0n) is 11.2. The van der Waals surface area contributed by atoms with Crippen molar-refractivity contribution in [3.8, 4) is 0 Å². The van der Waals surface area contributed by atoms with Gasteiger partial charge in [-0.15, -0.1) is 0 Å². The second kappa shape index (κ2) is 6.18. The molecule has 0 aliphatic carbocycles. The van der Waals surface area contributed by atoms with E-state index in [1.807, 2.05) is 16.8 Å². The number of hydrogen-bond acceptors (Lipinski definition) is 3. The molecule has 2 rings (SSSR count). The van der Waals surface area contributed by atoms with Gasteiger partial charge in [-0.1, -0.05) is 0 Å². The summed E-state index contributed by atoms with van der Waals surface area (Å²) >= 11 is 0. The van der Waals surface area contributed by atoms with Crippen molar-refractivity contribution in [1.29, 1.82) is 0 Å². The van der Waals surface area contributed by atoms with Crippen LogP contribution < -0.4 is 5.32 Å². The lowest BCUT2D eigenvalue weighted by Crippen LogP contribution is -2.50. The number of likely N-dealkylation sites (N-methyl/N-ethyl adjacent to an activating group) is 1. The minimum atomic E-state index is -0.0550. The molecule has 2 fully saturated rings. The van der Waals surface area contributed by atoms with Gasteiger partial charge in [0.1, 0.15) is 0 Å². The molecule has 0 aromatic rings. The molecule has 0 saturated carbocycles. The number of carbonyl (C=O) groups is 2. The van der Waals surface area contributed by atoms with Crippen LogP contribution in [0.1, 0.15) is 32.1 Å². The third-order valence-corrected chi connectivity index (χ3v) is 3.93. The van der Waals surface area contributed by atoms with Crippen molar-refractivity contribution in [2.75, 3.05) is 33.2 Å². The first kappa shape index (κ1) is 13.3. The molecule has 2 aliphatic heterocycles. The summed E-state index contributed by atoms with van der Waals surface area (Å²) in [6.07, 6.45) is 4.65. The lowest BCUT2D eigenvalue weighted by Gasteiger charge is -2.32. The monoisotopic (exact) mass is 253 g/mol. The average Bonchev–Trinajstić information content (AvgIpc) is 2.91. The van der Waals surface area contributed by atoms with E-state index in [1.165, 1.54) is 0 Å². The summed E-state index contributed by atoms with van der Waals surface area (Å²) in [5.41, 5.74) is 0. The van der Waals surface area contributed by atoms with Crippen LogP contribution in [0, 0.1) is 0 Å². The first-order valence-electron chi connectivity index (χ1n) is 6.96. The average molecular weight is 253 g/mol. The Balaban J connectivity index is 1.78. The molecule has 1 unspecified atom stereocenters. The third-order valence-electron chi connectivity index (χ3n) is 3.93. The summed E-state index contributed by atoms with van der Waals surface area (Å²) in [5, 5.41) is 3.04. The highest BCUT2D eigenvalue weighted by Gasteiger charge is 2.28. The summed E-state index contributed by atoms with van der Waals surface area (Å²) in [6.45, 7) is 3.16. The van der Waals surface area contributed by atoms with E-state index in [2.05, 4.69) is 5.32 Å². The Bertz CT molecular complexity index is 313. The highest BCUT2D eigenvalue weighted by Crippen LogP contribution is 2.13. The molecule has 0 aromatic heterocycles. The second-order valence-electron chi connectivity index (χ2n) is 5.15. The van der Waals surface area contributed by atoms with Crippen molar-refractivity contribution in [1.82, 2.24) is 15.1 Å². The van der Waals surface area contributed by atoms with E-state index in [0.717, 1.165) is 45.3 Å². The number of amides is 2. The highest BCUT2D eigenvalue weighted by molar-refractivity contribution is 5.83. The van der Waals surface area contributed by atoms with Crippen LogP contribution in [0.25, 0.3) is 0 Å². The molecule has 1 N–H and O–H groups in total. The third kappa shape index (κ3) is 3.02. The zero-order chi connectivity index (χ0) is 13.0. The Labute approximate surface area is 108 Å². The number of likely N-dealkylation sites (tertiary alicyclic amines) is 2. The van der Waals surface area contributed by atoms with Crippen LogP contribution in [0.15, 0.2) is 0 Å². The van der Waals surface area contributed by atoms with E-state index in [9.17, 15) is 9.59 Å². The van der Waals surface area contributed by atoms with Gasteiger partial charge in [0.05, 0.1) is 6.04 Å². The van der Waals surface area contributed by atoms with Crippen LogP contribution in [0.5, 0.6) is 0 Å². The molecule has 2 heterocycles. The van der Waals surface area contributed by atoms with Crippen molar-refractivity contribution >= 4 is 11.8 Å². The fraction of sp³-hybridized carbons (Fsp3) is 0.846. The topological polar surface area (TPSA) is 52.7 Å². The number of hydrogen-bond donors (Lipinski definition) is 1. The van der Waals surface area contributed by atoms with Gasteiger partial charge in [-0.2, -0.15) is 0 Å². The fourth-order valence-corrected chi connectivity index (χ4v) is 2.79. The van der Waals surface area contributed by atoms with Gasteiger partial charge >= 0.3 is 0 Å². The van der Waals surface area contributed by atoms with Gasteiger partial charge in [0.15, 0.2) is 0 Å². The smallest absolute Gasteiger partial charge is 0.239 e. The van der Waals surface area contributed by atoms with Crippen LogP contribution in [0.2, 0.25) is 0 Å². The molecular formula is C13H23N3O2. The SMILES string of the molecule is CNC1CCCN(CCC(=O)N2CCCC2)C1=O. The molecule has 102 valence electrons. The summed E-state index contributed by atoms with van der Waals surface area (Å²) < 4.78 is 0. The quantitative estimate of drug-likeness (QED) is 0.779. The summed E-state index contributed by atoms with van der Waals surface area (Å²) in [4.78, 5) is 27.7. The molecule has 18 heavy (non-hydrogen) atoms. The van der Waals surface area contributed by atoms with Crippen LogP contribution in [0.3, 0.4) is 0 Å². The van der Waals surface area contributed by atoms with Crippen molar-refractivity contribution in [3.05, 3.63) is 0 Å². The van der Waals surface area contributed by atoms with Crippen LogP contribution in [-0.2, 0) is 9.59 Å². The Morgan fingerprint density at radius 1 is 1.28 bits per heavy atom. The maximum Gasteiger partial charge on any atom is 0.239 e. The molecule has 0 aromatic carbocycles. The van der Waals surface area contributed by atoms with Crippen LogP contribution >= 0.6 is 0 Å². The minimum absolute atomic E-state index is 0.0550. The van der Waals surface area contributed by atoms with Gasteiger partial charge in [-0.05, 0) is 32.7 Å². The van der Waals surface area contributed by atoms with E-state index in [-0.39, 0.29) is 17.9 Å². The van der Waals surface area contributed by atoms with E-state index >= 15 is 0 Å². The predicted octanol–water partition coefficient (Wildman–Crippen LogP) is 0.209. The molecule has 0 spiro atoms. The van der Waals surface area contributed by atoms with Crippen molar-refractivity contribution in [2.24, 2.45) is 0 Å². The number of carbonyl (C=O) groups excluding carboxylic acids is 2. The fourth-order valence-electron chi connectivity index (χ4n) is 2.79. The Hall–Kier alpha value is -1.10. The highest BCUT2D eigenvalue weighted by atomic mass is 16.2. The number of nitrogens with one attached hydrogen (secondary N) is 1. The molecule has 5 heteroatoms. The zero-order valence-corrected chi connectivity index (χ0v) is 11.2. The Morgan fingerprint density at radius 2 is 2.00 bits per heavy atom. The maximum atomic E-state index is 12.0. The lowest BCUT2D eigenvalue weighted by atomic mass is 10.0. The number of nitrogens with zero attached hydrogens (tertiary/aromatic N) is 2. The Morgan fingerprint density at radius 3 is 2.67 bits per heavy atom. The molecule has 2 aliphatic rings. The first-order chi connectivity index (χ1) is 8.72. The largest absolute Gasteiger partial charge is 0.343 e. The molecule has 1 atom stereocenters. The normalized spacial score (nSPS) is 24.7. The molecule has 0 bridgehead atoms. The van der Waals surface area contributed by atoms with Gasteiger partial charge in [0.2, 0.25) is 11.8 Å². The molecular weight excluding hydrogens is 230 g/mol. The molecule has 2 saturated heterocycles. The summed E-state index contributed by atoms with van der Waals surface area (Å²) in [5.74, 6) is 0.352. The Kier molecular flexibility index (Phi) is 4.58. The van der Waals surface area contributed by atoms with Crippen LogP contribution in [-0.4, -0.2) is 60.9 Å². The lowest BCUT2D eigenvalue weighted by molar-refractivity contribution is -0.137. The first-order valence-corrected chi connectivity index (χ1v) is 6.96. The van der Waals surface area contributed by atoms with Gasteiger partial charge in [0.25, 0.3) is 0 Å². The second-order valence-corrected chi connectivity index (χ2v) is 5.15. The van der Waals surface area contributed by atoms with E-state index < -0.39 is 0 Å². The molecule has 2 amide bonds. The minimum Gasteiger partial charge on any atom is -0.343 e. The van der Waals surface area contributed by atoms with Crippen molar-refractivity contribution < 1.29 is 9.59 Å². The van der Waals surface area contributed by atoms with E-state index in [1.54, 1.807) is 0 Å². The molecule has 5 nitrogen and oxygen atoms in total. The van der Waals surface area contributed by atoms with Gasteiger partial charge in [0, 0.05) is 32.6 Å². The van der Waals surface area contributed by atoms with Gasteiger partial charge in [-0.3, -0.25) is 9.59 Å². The standard InChI is InChI=1S/C13H23N3O2/c1-14-11-5-4-9-16(13(11)18)10-6-12(17)15-7-2-3-8-15/h11,14H,2-10H2,1H3. The van der Waals surface area contributed by atoms with E-state index in [0.29, 0.717) is 13.0 Å². The predicted molar refractivity (Wildman–Crippen MR) is 69.1 cm³/mol. The number of piperidine rings is 1. The van der Waals surface area contributed by atoms with Crippen molar-refractivity contribution in [2.45, 2.75) is 38.1 Å². The van der Waals surface area contributed by atoms with Crippen molar-refractivity contribution in [3.63, 3.8) is 0 Å². The number of rotatable bonds is 4. The van der Waals surface area contributed by atoms with Gasteiger partial charge < -0.3 is 15.1 Å². The van der Waals surface area contributed by atoms with Crippen LogP contribution in [0.4, 0.5) is 0 Å². The van der Waals surface area contributed by atoms with E-state index in [4.69, 9.17) is 0 Å². The summed E-state index contributed by atoms with van der Waals surface area (Å²) in [6, 6.07) is -0.0550. The molecule has 0 radical (unpaired) electrons. The van der Waals surface area contributed by atoms with Gasteiger partial charge in [-0.25, -0.2) is 0 Å². The maximum absolute atomic E-state index is 12.0. The summed E-state index contributed by atoms with van der Waals surface area (Å²) in [7, 11) is 1.82.